The molecule has 0 aliphatic carbocycles. The molecule has 2 aromatic heterocycles. The highest BCUT2D eigenvalue weighted by atomic mass is 35.5. The van der Waals surface area contributed by atoms with Crippen LogP contribution < -0.4 is 16.2 Å². The Labute approximate surface area is 164 Å². The third kappa shape index (κ3) is 3.27. The summed E-state index contributed by atoms with van der Waals surface area (Å²) in [5.41, 5.74) is 12.3. The van der Waals surface area contributed by atoms with Crippen molar-refractivity contribution in [3.05, 3.63) is 52.4 Å². The van der Waals surface area contributed by atoms with Gasteiger partial charge in [0.05, 0.1) is 11.6 Å². The second-order valence-electron chi connectivity index (χ2n) is 6.62. The molecule has 1 aliphatic heterocycles. The fourth-order valence-electron chi connectivity index (χ4n) is 3.15. The Morgan fingerprint density at radius 2 is 2.07 bits per heavy atom. The number of ether oxygens (including phenoxy) is 1. The molecule has 0 radical (unpaired) electrons. The number of anilines is 1. The number of hydrogen-bond donors (Lipinski definition) is 2. The third-order valence-corrected chi connectivity index (χ3v) is 4.91. The molecular formula is C18H17ClF2N6O. The molecular weight excluding hydrogens is 390 g/mol. The van der Waals surface area contributed by atoms with Gasteiger partial charge in [0.2, 0.25) is 0 Å². The van der Waals surface area contributed by atoms with Crippen molar-refractivity contribution in [2.45, 2.75) is 32.0 Å². The maximum absolute atomic E-state index is 14.1. The number of nitrogens with two attached hydrogens (primary N) is 2. The van der Waals surface area contributed by atoms with Crippen molar-refractivity contribution in [2.75, 3.05) is 5.73 Å². The van der Waals surface area contributed by atoms with Crippen LogP contribution in [-0.4, -0.2) is 25.8 Å². The smallest absolute Gasteiger partial charge is 0.183 e. The lowest BCUT2D eigenvalue weighted by Gasteiger charge is -2.18. The van der Waals surface area contributed by atoms with E-state index in [4.69, 9.17) is 27.8 Å². The number of halogens is 3. The Hall–Kier alpha value is -2.78. The molecule has 0 spiro atoms. The van der Waals surface area contributed by atoms with E-state index in [-0.39, 0.29) is 28.2 Å². The van der Waals surface area contributed by atoms with Crippen LogP contribution in [0.15, 0.2) is 24.4 Å². The quantitative estimate of drug-likeness (QED) is 0.645. The summed E-state index contributed by atoms with van der Waals surface area (Å²) in [4.78, 5) is 8.56. The Bertz CT molecular complexity index is 1030. The standard InChI is InChI=1S/C18H17ClF2N6O/c1-8(15-11(20)2-3-12(21)16(15)19)28-13-4-9(6-24-17(13)23)18-25-14-5-10(22)7-27(14)26-18/h2-4,6,8,10H,5,7,22H2,1H3,(H2,23,24). The predicted molar refractivity (Wildman–Crippen MR) is 99.8 cm³/mol. The van der Waals surface area contributed by atoms with Crippen LogP contribution in [0.3, 0.4) is 0 Å². The third-order valence-electron chi connectivity index (χ3n) is 4.53. The molecule has 1 aromatic carbocycles. The van der Waals surface area contributed by atoms with E-state index in [1.54, 1.807) is 17.7 Å². The molecule has 28 heavy (non-hydrogen) atoms. The second-order valence-corrected chi connectivity index (χ2v) is 7.00. The number of benzene rings is 1. The first kappa shape index (κ1) is 18.6. The maximum atomic E-state index is 14.1. The first-order chi connectivity index (χ1) is 13.3. The molecule has 10 heteroatoms. The van der Waals surface area contributed by atoms with Crippen LogP contribution >= 0.6 is 11.6 Å². The molecule has 146 valence electrons. The Morgan fingerprint density at radius 1 is 1.32 bits per heavy atom. The second kappa shape index (κ2) is 6.99. The van der Waals surface area contributed by atoms with Crippen molar-refractivity contribution >= 4 is 17.4 Å². The minimum absolute atomic E-state index is 0.0132. The van der Waals surface area contributed by atoms with Gasteiger partial charge < -0.3 is 16.2 Å². The summed E-state index contributed by atoms with van der Waals surface area (Å²) in [7, 11) is 0. The summed E-state index contributed by atoms with van der Waals surface area (Å²) in [5, 5.41) is 4.08. The molecule has 0 bridgehead atoms. The summed E-state index contributed by atoms with van der Waals surface area (Å²) in [6.07, 6.45) is 1.27. The number of pyridine rings is 1. The van der Waals surface area contributed by atoms with Crippen LogP contribution in [0.25, 0.3) is 11.4 Å². The van der Waals surface area contributed by atoms with Crippen molar-refractivity contribution < 1.29 is 13.5 Å². The van der Waals surface area contributed by atoms with Crippen LogP contribution in [0.2, 0.25) is 5.02 Å². The molecule has 4 rings (SSSR count). The van der Waals surface area contributed by atoms with E-state index < -0.39 is 17.7 Å². The molecule has 1 aliphatic rings. The van der Waals surface area contributed by atoms with Gasteiger partial charge in [-0.1, -0.05) is 11.6 Å². The molecule has 3 aromatic rings. The minimum atomic E-state index is -0.902. The lowest BCUT2D eigenvalue weighted by molar-refractivity contribution is 0.221. The van der Waals surface area contributed by atoms with E-state index in [1.807, 2.05) is 0 Å². The Balaban J connectivity index is 1.63. The minimum Gasteiger partial charge on any atom is -0.482 e. The van der Waals surface area contributed by atoms with Gasteiger partial charge in [0, 0.05) is 29.8 Å². The van der Waals surface area contributed by atoms with Crippen LogP contribution in [0, 0.1) is 11.6 Å². The first-order valence-electron chi connectivity index (χ1n) is 8.58. The molecule has 0 fully saturated rings. The molecule has 0 amide bonds. The van der Waals surface area contributed by atoms with Crippen LogP contribution in [0.4, 0.5) is 14.6 Å². The molecule has 2 atom stereocenters. The highest BCUT2D eigenvalue weighted by Gasteiger charge is 2.24. The average molecular weight is 407 g/mol. The van der Waals surface area contributed by atoms with E-state index in [0.29, 0.717) is 24.4 Å². The van der Waals surface area contributed by atoms with Gasteiger partial charge >= 0.3 is 0 Å². The highest BCUT2D eigenvalue weighted by Crippen LogP contribution is 2.34. The van der Waals surface area contributed by atoms with E-state index in [0.717, 1.165) is 18.0 Å². The van der Waals surface area contributed by atoms with E-state index in [9.17, 15) is 8.78 Å². The normalized spacial score (nSPS) is 16.8. The van der Waals surface area contributed by atoms with Crippen molar-refractivity contribution in [1.82, 2.24) is 19.7 Å². The molecule has 7 nitrogen and oxygen atoms in total. The monoisotopic (exact) mass is 406 g/mol. The molecule has 0 saturated heterocycles. The maximum Gasteiger partial charge on any atom is 0.183 e. The topological polar surface area (TPSA) is 105 Å². The van der Waals surface area contributed by atoms with E-state index in [1.165, 1.54) is 6.20 Å². The lowest BCUT2D eigenvalue weighted by atomic mass is 10.1. The SMILES string of the molecule is CC(Oc1cc(-c2nc3n(n2)CC(N)C3)cnc1N)c1c(F)ccc(F)c1Cl. The van der Waals surface area contributed by atoms with Gasteiger partial charge in [0.25, 0.3) is 0 Å². The van der Waals surface area contributed by atoms with Crippen LogP contribution in [0.5, 0.6) is 5.75 Å². The molecule has 4 N–H and O–H groups in total. The summed E-state index contributed by atoms with van der Waals surface area (Å²) in [6, 6.07) is 3.57. The van der Waals surface area contributed by atoms with Gasteiger partial charge in [0.15, 0.2) is 17.4 Å². The van der Waals surface area contributed by atoms with Crippen molar-refractivity contribution in [3.63, 3.8) is 0 Å². The predicted octanol–water partition coefficient (Wildman–Crippen LogP) is 2.88. The van der Waals surface area contributed by atoms with Crippen molar-refractivity contribution in [3.8, 4) is 17.1 Å². The molecule has 0 saturated carbocycles. The number of aromatic nitrogens is 4. The van der Waals surface area contributed by atoms with Gasteiger partial charge in [-0.3, -0.25) is 0 Å². The number of nitrogen functional groups attached to an aromatic ring is 1. The van der Waals surface area contributed by atoms with Crippen LogP contribution in [0.1, 0.15) is 24.4 Å². The molecule has 3 heterocycles. The summed E-state index contributed by atoms with van der Waals surface area (Å²) in [5.74, 6) is 0.132. The number of hydrogen-bond acceptors (Lipinski definition) is 6. The first-order valence-corrected chi connectivity index (χ1v) is 8.96. The average Bonchev–Trinajstić information content (AvgIpc) is 3.18. The van der Waals surface area contributed by atoms with E-state index in [2.05, 4.69) is 15.1 Å². The van der Waals surface area contributed by atoms with Gasteiger partial charge in [-0.15, -0.1) is 0 Å². The van der Waals surface area contributed by atoms with Crippen LogP contribution in [-0.2, 0) is 13.0 Å². The summed E-state index contributed by atoms with van der Waals surface area (Å²) >= 11 is 5.91. The fourth-order valence-corrected chi connectivity index (χ4v) is 3.46. The summed E-state index contributed by atoms with van der Waals surface area (Å²) in [6.45, 7) is 2.14. The fraction of sp³-hybridized carbons (Fsp3) is 0.278. The number of fused-ring (bicyclic) bond motifs is 1. The zero-order valence-corrected chi connectivity index (χ0v) is 15.6. The largest absolute Gasteiger partial charge is 0.482 e. The van der Waals surface area contributed by atoms with Gasteiger partial charge in [-0.2, -0.15) is 5.10 Å². The lowest BCUT2D eigenvalue weighted by Crippen LogP contribution is -2.21. The Kier molecular flexibility index (Phi) is 4.64. The zero-order valence-electron chi connectivity index (χ0n) is 14.9. The van der Waals surface area contributed by atoms with Crippen molar-refractivity contribution in [1.29, 1.82) is 0 Å². The van der Waals surface area contributed by atoms with Gasteiger partial charge in [-0.25, -0.2) is 23.4 Å². The van der Waals surface area contributed by atoms with Gasteiger partial charge in [-0.05, 0) is 25.1 Å². The van der Waals surface area contributed by atoms with E-state index >= 15 is 0 Å². The number of rotatable bonds is 4. The summed E-state index contributed by atoms with van der Waals surface area (Å²) < 4.78 is 35.3. The van der Waals surface area contributed by atoms with Gasteiger partial charge in [0.1, 0.15) is 23.6 Å². The zero-order chi connectivity index (χ0) is 20.0. The number of nitrogens with zero attached hydrogens (tertiary/aromatic N) is 4. The Morgan fingerprint density at radius 3 is 2.82 bits per heavy atom. The van der Waals surface area contributed by atoms with Crippen molar-refractivity contribution in [2.24, 2.45) is 5.73 Å². The molecule has 2 unspecified atom stereocenters. The highest BCUT2D eigenvalue weighted by molar-refractivity contribution is 6.31.